The van der Waals surface area contributed by atoms with Gasteiger partial charge in [-0.15, -0.1) is 0 Å². The van der Waals surface area contributed by atoms with Gasteiger partial charge in [0.2, 0.25) is 0 Å². The lowest BCUT2D eigenvalue weighted by atomic mass is 10.2. The van der Waals surface area contributed by atoms with Gasteiger partial charge in [-0.1, -0.05) is 0 Å². The fraction of sp³-hybridized carbons (Fsp3) is 1.00. The SMILES string of the molecule is COCC(O)CCNCC(O)CN1CCOCC1. The fourth-order valence-corrected chi connectivity index (χ4v) is 1.96. The van der Waals surface area contributed by atoms with Crippen molar-refractivity contribution in [2.24, 2.45) is 0 Å². The van der Waals surface area contributed by atoms with Crippen LogP contribution in [0.5, 0.6) is 0 Å². The summed E-state index contributed by atoms with van der Waals surface area (Å²) >= 11 is 0. The predicted octanol–water partition coefficient (Wildman–Crippen LogP) is -1.33. The molecule has 2 atom stereocenters. The third kappa shape index (κ3) is 7.25. The van der Waals surface area contributed by atoms with E-state index in [0.717, 1.165) is 26.3 Å². The number of hydrogen-bond donors (Lipinski definition) is 3. The van der Waals surface area contributed by atoms with Crippen molar-refractivity contribution in [2.75, 3.05) is 59.7 Å². The number of ether oxygens (including phenoxy) is 2. The molecule has 0 radical (unpaired) electrons. The topological polar surface area (TPSA) is 74.2 Å². The Morgan fingerprint density at radius 1 is 1.28 bits per heavy atom. The van der Waals surface area contributed by atoms with Crippen molar-refractivity contribution in [2.45, 2.75) is 18.6 Å². The summed E-state index contributed by atoms with van der Waals surface area (Å²) in [5, 5.41) is 22.4. The molecule has 0 saturated carbocycles. The van der Waals surface area contributed by atoms with E-state index < -0.39 is 6.10 Å². The molecule has 0 bridgehead atoms. The van der Waals surface area contributed by atoms with Gasteiger partial charge in [0.25, 0.3) is 0 Å². The molecule has 2 unspecified atom stereocenters. The molecule has 1 saturated heterocycles. The summed E-state index contributed by atoms with van der Waals surface area (Å²) in [4.78, 5) is 2.20. The fourth-order valence-electron chi connectivity index (χ4n) is 1.96. The van der Waals surface area contributed by atoms with Crippen molar-refractivity contribution in [1.29, 1.82) is 0 Å². The number of nitrogens with zero attached hydrogens (tertiary/aromatic N) is 1. The van der Waals surface area contributed by atoms with Gasteiger partial charge in [0.05, 0.1) is 32.0 Å². The van der Waals surface area contributed by atoms with Crippen molar-refractivity contribution >= 4 is 0 Å². The minimum atomic E-state index is -0.432. The van der Waals surface area contributed by atoms with Gasteiger partial charge in [-0.05, 0) is 13.0 Å². The van der Waals surface area contributed by atoms with E-state index in [4.69, 9.17) is 9.47 Å². The van der Waals surface area contributed by atoms with E-state index >= 15 is 0 Å². The molecule has 6 nitrogen and oxygen atoms in total. The second kappa shape index (κ2) is 9.66. The molecule has 3 N–H and O–H groups in total. The summed E-state index contributed by atoms with van der Waals surface area (Å²) in [5.41, 5.74) is 0. The molecule has 0 aromatic rings. The molecule has 1 heterocycles. The van der Waals surface area contributed by atoms with Crippen LogP contribution in [0.3, 0.4) is 0 Å². The number of hydrogen-bond acceptors (Lipinski definition) is 6. The Bertz CT molecular complexity index is 201. The average Bonchev–Trinajstić information content (AvgIpc) is 2.36. The highest BCUT2D eigenvalue weighted by Gasteiger charge is 2.14. The Morgan fingerprint density at radius 3 is 2.67 bits per heavy atom. The molecule has 0 aromatic carbocycles. The predicted molar refractivity (Wildman–Crippen MR) is 68.6 cm³/mol. The van der Waals surface area contributed by atoms with Crippen LogP contribution in [-0.4, -0.2) is 87.0 Å². The van der Waals surface area contributed by atoms with Crippen molar-refractivity contribution in [3.05, 3.63) is 0 Å². The molecule has 0 aromatic heterocycles. The summed E-state index contributed by atoms with van der Waals surface area (Å²) in [7, 11) is 1.57. The first-order valence-corrected chi connectivity index (χ1v) is 6.58. The third-order valence-electron chi connectivity index (χ3n) is 2.97. The second-order valence-corrected chi connectivity index (χ2v) is 4.67. The van der Waals surface area contributed by atoms with Crippen molar-refractivity contribution in [3.63, 3.8) is 0 Å². The van der Waals surface area contributed by atoms with Crippen molar-refractivity contribution < 1.29 is 19.7 Å². The highest BCUT2D eigenvalue weighted by Crippen LogP contribution is 1.98. The van der Waals surface area contributed by atoms with Gasteiger partial charge in [-0.25, -0.2) is 0 Å². The van der Waals surface area contributed by atoms with Crippen LogP contribution in [0.15, 0.2) is 0 Å². The second-order valence-electron chi connectivity index (χ2n) is 4.67. The highest BCUT2D eigenvalue weighted by atomic mass is 16.5. The number of aliphatic hydroxyl groups is 2. The summed E-state index contributed by atoms with van der Waals surface area (Å²) < 4.78 is 10.1. The number of morpholine rings is 1. The zero-order valence-corrected chi connectivity index (χ0v) is 11.2. The molecule has 108 valence electrons. The molecule has 1 rings (SSSR count). The van der Waals surface area contributed by atoms with Crippen LogP contribution in [0.2, 0.25) is 0 Å². The molecule has 1 aliphatic heterocycles. The molecule has 0 amide bonds. The van der Waals surface area contributed by atoms with Crippen molar-refractivity contribution in [3.8, 4) is 0 Å². The maximum atomic E-state index is 9.84. The Labute approximate surface area is 109 Å². The number of aliphatic hydroxyl groups excluding tert-OH is 2. The van der Waals surface area contributed by atoms with E-state index in [2.05, 4.69) is 10.2 Å². The lowest BCUT2D eigenvalue weighted by molar-refractivity contribution is 0.0145. The minimum absolute atomic E-state index is 0.359. The molecular formula is C12H26N2O4. The van der Waals surface area contributed by atoms with Crippen molar-refractivity contribution in [1.82, 2.24) is 10.2 Å². The van der Waals surface area contributed by atoms with Crippen LogP contribution in [0.25, 0.3) is 0 Å². The largest absolute Gasteiger partial charge is 0.391 e. The molecule has 0 spiro atoms. The summed E-state index contributed by atoms with van der Waals surface area (Å²) in [6.45, 7) is 5.57. The van der Waals surface area contributed by atoms with Gasteiger partial charge in [0.15, 0.2) is 0 Å². The quantitative estimate of drug-likeness (QED) is 0.447. The van der Waals surface area contributed by atoms with E-state index in [9.17, 15) is 10.2 Å². The Hall–Kier alpha value is -0.240. The molecule has 1 fully saturated rings. The Morgan fingerprint density at radius 2 is 2.00 bits per heavy atom. The summed E-state index contributed by atoms with van der Waals surface area (Å²) in [5.74, 6) is 0. The van der Waals surface area contributed by atoms with Gasteiger partial charge >= 0.3 is 0 Å². The summed E-state index contributed by atoms with van der Waals surface area (Å²) in [6.07, 6.45) is -0.167. The zero-order valence-electron chi connectivity index (χ0n) is 11.2. The maximum absolute atomic E-state index is 9.84. The van der Waals surface area contributed by atoms with E-state index in [1.807, 2.05) is 0 Å². The number of nitrogens with one attached hydrogen (secondary N) is 1. The first kappa shape index (κ1) is 15.8. The van der Waals surface area contributed by atoms with E-state index in [1.54, 1.807) is 7.11 Å². The maximum Gasteiger partial charge on any atom is 0.0791 e. The van der Waals surface area contributed by atoms with Crippen LogP contribution in [0.4, 0.5) is 0 Å². The molecule has 0 aliphatic carbocycles. The normalized spacial score (nSPS) is 20.8. The van der Waals surface area contributed by atoms with E-state index in [1.165, 1.54) is 0 Å². The number of β-amino-alcohol motifs (C(OH)–C–C–N with tert-alkyl or cyclic N) is 1. The van der Waals surface area contributed by atoms with Gasteiger partial charge < -0.3 is 25.0 Å². The van der Waals surface area contributed by atoms with Gasteiger partial charge in [-0.2, -0.15) is 0 Å². The first-order valence-electron chi connectivity index (χ1n) is 6.58. The average molecular weight is 262 g/mol. The van der Waals surface area contributed by atoms with Gasteiger partial charge in [0.1, 0.15) is 0 Å². The van der Waals surface area contributed by atoms with E-state index in [0.29, 0.717) is 32.7 Å². The molecule has 1 aliphatic rings. The van der Waals surface area contributed by atoms with Crippen LogP contribution in [0, 0.1) is 0 Å². The monoisotopic (exact) mass is 262 g/mol. The molecule has 18 heavy (non-hydrogen) atoms. The first-order chi connectivity index (χ1) is 8.72. The third-order valence-corrected chi connectivity index (χ3v) is 2.97. The van der Waals surface area contributed by atoms with Crippen LogP contribution in [-0.2, 0) is 9.47 Å². The van der Waals surface area contributed by atoms with E-state index in [-0.39, 0.29) is 6.10 Å². The van der Waals surface area contributed by atoms with Crippen LogP contribution in [0.1, 0.15) is 6.42 Å². The van der Waals surface area contributed by atoms with Crippen LogP contribution < -0.4 is 5.32 Å². The molecule has 6 heteroatoms. The lowest BCUT2D eigenvalue weighted by Crippen LogP contribution is -2.44. The zero-order chi connectivity index (χ0) is 13.2. The highest BCUT2D eigenvalue weighted by molar-refractivity contribution is 4.69. The summed E-state index contributed by atoms with van der Waals surface area (Å²) in [6, 6.07) is 0. The smallest absolute Gasteiger partial charge is 0.0791 e. The number of rotatable bonds is 9. The minimum Gasteiger partial charge on any atom is -0.391 e. The number of methoxy groups -OCH3 is 1. The molecular weight excluding hydrogens is 236 g/mol. The Kier molecular flexibility index (Phi) is 8.49. The standard InChI is InChI=1S/C12H26N2O4/c1-17-10-11(15)2-3-13-8-12(16)9-14-4-6-18-7-5-14/h11-13,15-16H,2-10H2,1H3. The Balaban J connectivity index is 1.97. The van der Waals surface area contributed by atoms with Crippen LogP contribution >= 0.6 is 0 Å². The lowest BCUT2D eigenvalue weighted by Gasteiger charge is -2.28. The van der Waals surface area contributed by atoms with Gasteiger partial charge in [-0.3, -0.25) is 4.90 Å². The van der Waals surface area contributed by atoms with Gasteiger partial charge in [0, 0.05) is 33.3 Å².